The Kier molecular flexibility index (Phi) is 12.8. The number of rotatable bonds is 7. The van der Waals surface area contributed by atoms with Crippen molar-refractivity contribution < 1.29 is 14.8 Å². The third kappa shape index (κ3) is 9.06. The summed E-state index contributed by atoms with van der Waals surface area (Å²) in [6.45, 7) is 2.00. The molecule has 0 radical (unpaired) electrons. The van der Waals surface area contributed by atoms with Gasteiger partial charge >= 0.3 is 7.12 Å². The average Bonchev–Trinajstić information content (AvgIpc) is 4.35. The molecule has 15 rings (SSSR count). The zero-order chi connectivity index (χ0) is 51.7. The minimum absolute atomic E-state index is 0.503. The molecular formula is C70H54BN3O3. The topological polar surface area (TPSA) is 64.5 Å². The first-order chi connectivity index (χ1) is 38.1. The van der Waals surface area contributed by atoms with E-state index in [1.54, 1.807) is 6.07 Å². The van der Waals surface area contributed by atoms with Crippen molar-refractivity contribution in [3.05, 3.63) is 267 Å². The van der Waals surface area contributed by atoms with Crippen molar-refractivity contribution in [2.24, 2.45) is 0 Å². The standard InChI is InChI=1S/C48H32N2.C18H14BNO2.C4H8O/c1-4-12-33(13-5-1)35-20-25-40(26-21-35)50-47-27-22-36(34-14-6-2-7-15-34)30-43(47)44-32-38(24-29-48(44)50)37-23-28-46-42(31-37)41-18-10-11-19-45(41)49(46)39-16-8-3-9-17-39;21-19(22)13-10-11-18-16(12-13)15-8-4-5-9-17(15)20(18)14-6-2-1-3-7-14;1-2-4-5-3-1/h1-32H;1-12,21-22H;1-4H2. The number of hydrogen-bond acceptors (Lipinski definition) is 3. The van der Waals surface area contributed by atoms with E-state index in [1.807, 2.05) is 42.5 Å². The lowest BCUT2D eigenvalue weighted by Gasteiger charge is -2.10. The number of nitrogens with zero attached hydrogens (tertiary/aromatic N) is 3. The molecule has 0 spiro atoms. The number of fused-ring (bicyclic) bond motifs is 9. The van der Waals surface area contributed by atoms with Crippen LogP contribution >= 0.6 is 0 Å². The molecule has 0 atom stereocenters. The number of benzene rings is 11. The second-order valence-electron chi connectivity index (χ2n) is 19.7. The van der Waals surface area contributed by atoms with Crippen molar-refractivity contribution in [2.45, 2.75) is 12.8 Å². The van der Waals surface area contributed by atoms with Gasteiger partial charge in [-0.2, -0.15) is 0 Å². The van der Waals surface area contributed by atoms with Gasteiger partial charge in [-0.1, -0.05) is 176 Å². The Labute approximate surface area is 447 Å². The molecule has 2 N–H and O–H groups in total. The molecule has 77 heavy (non-hydrogen) atoms. The SMILES string of the molecule is C1CCOC1.OB(O)c1ccc2c(c1)c1ccccc1n2-c1ccccc1.c1ccc(-c2ccc(-n3c4ccc(-c5ccccc5)cc4c4cc(-c5ccc6c(c5)c5ccccc5n6-c5ccccc5)ccc43)cc2)cc1. The summed E-state index contributed by atoms with van der Waals surface area (Å²) < 4.78 is 11.9. The van der Waals surface area contributed by atoms with E-state index >= 15 is 0 Å². The Balaban J connectivity index is 0.000000172. The Bertz CT molecular complexity index is 4360. The van der Waals surface area contributed by atoms with Gasteiger partial charge in [0, 0.05) is 62.6 Å². The van der Waals surface area contributed by atoms with Gasteiger partial charge in [-0.15, -0.1) is 0 Å². The summed E-state index contributed by atoms with van der Waals surface area (Å²) in [5.74, 6) is 0. The van der Waals surface area contributed by atoms with Crippen LogP contribution in [0.4, 0.5) is 0 Å². The Morgan fingerprint density at radius 3 is 1.01 bits per heavy atom. The van der Waals surface area contributed by atoms with Crippen molar-refractivity contribution in [2.75, 3.05) is 13.2 Å². The molecule has 6 nitrogen and oxygen atoms in total. The molecule has 0 unspecified atom stereocenters. The molecule has 0 bridgehead atoms. The van der Waals surface area contributed by atoms with Gasteiger partial charge in [-0.05, 0) is 143 Å². The molecule has 0 aliphatic carbocycles. The highest BCUT2D eigenvalue weighted by Crippen LogP contribution is 2.40. The third-order valence-electron chi connectivity index (χ3n) is 15.0. The summed E-state index contributed by atoms with van der Waals surface area (Å²) in [7, 11) is -1.46. The fraction of sp³-hybridized carbons (Fsp3) is 0.0571. The van der Waals surface area contributed by atoms with Gasteiger partial charge < -0.3 is 28.5 Å². The van der Waals surface area contributed by atoms with E-state index in [-0.39, 0.29) is 0 Å². The molecule has 1 saturated heterocycles. The molecule has 7 heteroatoms. The Morgan fingerprint density at radius 2 is 0.584 bits per heavy atom. The van der Waals surface area contributed by atoms with E-state index in [4.69, 9.17) is 4.74 Å². The number of hydrogen-bond donors (Lipinski definition) is 2. The van der Waals surface area contributed by atoms with Crippen LogP contribution in [0, 0.1) is 0 Å². The lowest BCUT2D eigenvalue weighted by Crippen LogP contribution is -2.29. The van der Waals surface area contributed by atoms with E-state index in [0.717, 1.165) is 46.4 Å². The van der Waals surface area contributed by atoms with E-state index in [2.05, 4.69) is 232 Å². The normalized spacial score (nSPS) is 12.3. The lowest BCUT2D eigenvalue weighted by atomic mass is 9.80. The van der Waals surface area contributed by atoms with Crippen LogP contribution in [0.3, 0.4) is 0 Å². The fourth-order valence-corrected chi connectivity index (χ4v) is 11.2. The minimum atomic E-state index is -1.46. The number of aromatic nitrogens is 3. The Hall–Kier alpha value is -9.24. The van der Waals surface area contributed by atoms with Crippen molar-refractivity contribution in [3.63, 3.8) is 0 Å². The first-order valence-electron chi connectivity index (χ1n) is 26.5. The summed E-state index contributed by atoms with van der Waals surface area (Å²) in [6.07, 6.45) is 2.56. The van der Waals surface area contributed by atoms with E-state index < -0.39 is 7.12 Å². The molecule has 1 aliphatic heterocycles. The highest BCUT2D eigenvalue weighted by molar-refractivity contribution is 6.59. The predicted octanol–water partition coefficient (Wildman–Crippen LogP) is 16.1. The van der Waals surface area contributed by atoms with Crippen molar-refractivity contribution in [3.8, 4) is 50.4 Å². The maximum Gasteiger partial charge on any atom is 0.488 e. The molecule has 1 fully saturated rings. The van der Waals surface area contributed by atoms with Gasteiger partial charge in [0.2, 0.25) is 0 Å². The molecule has 0 saturated carbocycles. The van der Waals surface area contributed by atoms with Gasteiger partial charge in [0.05, 0.1) is 33.1 Å². The van der Waals surface area contributed by atoms with Gasteiger partial charge in [0.1, 0.15) is 0 Å². The molecule has 1 aliphatic rings. The summed E-state index contributed by atoms with van der Waals surface area (Å²) >= 11 is 0. The van der Waals surface area contributed by atoms with Gasteiger partial charge in [-0.3, -0.25) is 0 Å². The maximum atomic E-state index is 9.43. The van der Waals surface area contributed by atoms with Crippen LogP contribution in [0.5, 0.6) is 0 Å². The number of para-hydroxylation sites is 4. The second kappa shape index (κ2) is 20.8. The van der Waals surface area contributed by atoms with Crippen LogP contribution in [0.2, 0.25) is 0 Å². The van der Waals surface area contributed by atoms with Gasteiger partial charge in [0.25, 0.3) is 0 Å². The fourth-order valence-electron chi connectivity index (χ4n) is 11.2. The van der Waals surface area contributed by atoms with Gasteiger partial charge in [-0.25, -0.2) is 0 Å². The zero-order valence-electron chi connectivity index (χ0n) is 42.5. The first-order valence-corrected chi connectivity index (χ1v) is 26.5. The molecule has 4 heterocycles. The van der Waals surface area contributed by atoms with E-state index in [9.17, 15) is 10.0 Å². The molecule has 11 aromatic carbocycles. The summed E-state index contributed by atoms with van der Waals surface area (Å²) in [5, 5.41) is 26.0. The van der Waals surface area contributed by atoms with Crippen LogP contribution < -0.4 is 5.46 Å². The van der Waals surface area contributed by atoms with Crippen LogP contribution in [0.15, 0.2) is 267 Å². The summed E-state index contributed by atoms with van der Waals surface area (Å²) in [6, 6.07) is 94.3. The predicted molar refractivity (Wildman–Crippen MR) is 322 cm³/mol. The van der Waals surface area contributed by atoms with Crippen molar-refractivity contribution in [1.29, 1.82) is 0 Å². The molecule has 14 aromatic rings. The highest BCUT2D eigenvalue weighted by Gasteiger charge is 2.19. The lowest BCUT2D eigenvalue weighted by molar-refractivity contribution is 0.198. The highest BCUT2D eigenvalue weighted by atomic mass is 16.5. The second-order valence-corrected chi connectivity index (χ2v) is 19.7. The molecule has 370 valence electrons. The third-order valence-corrected chi connectivity index (χ3v) is 15.0. The van der Waals surface area contributed by atoms with Crippen molar-refractivity contribution >= 4 is 78.0 Å². The summed E-state index contributed by atoms with van der Waals surface area (Å²) in [4.78, 5) is 0. The van der Waals surface area contributed by atoms with Crippen LogP contribution in [0.1, 0.15) is 12.8 Å². The number of ether oxygens (including phenoxy) is 1. The monoisotopic (exact) mass is 995 g/mol. The first kappa shape index (κ1) is 47.5. The minimum Gasteiger partial charge on any atom is -0.423 e. The van der Waals surface area contributed by atoms with Crippen LogP contribution in [0.25, 0.3) is 116 Å². The smallest absolute Gasteiger partial charge is 0.423 e. The van der Waals surface area contributed by atoms with Crippen LogP contribution in [-0.4, -0.2) is 44.1 Å². The van der Waals surface area contributed by atoms with Gasteiger partial charge in [0.15, 0.2) is 0 Å². The molecule has 0 amide bonds. The summed E-state index contributed by atoms with van der Waals surface area (Å²) in [5.41, 5.74) is 18.2. The Morgan fingerprint density at radius 1 is 0.273 bits per heavy atom. The maximum absolute atomic E-state index is 9.43. The van der Waals surface area contributed by atoms with Crippen LogP contribution in [-0.2, 0) is 4.74 Å². The molecular weight excluding hydrogens is 942 g/mol. The van der Waals surface area contributed by atoms with Crippen molar-refractivity contribution in [1.82, 2.24) is 13.7 Å². The largest absolute Gasteiger partial charge is 0.488 e. The van der Waals surface area contributed by atoms with E-state index in [0.29, 0.717) is 5.46 Å². The molecule has 3 aromatic heterocycles. The van der Waals surface area contributed by atoms with E-state index in [1.165, 1.54) is 95.5 Å². The average molecular weight is 996 g/mol. The quantitative estimate of drug-likeness (QED) is 0.156. The zero-order valence-corrected chi connectivity index (χ0v) is 42.5.